The Morgan fingerprint density at radius 2 is 1.90 bits per heavy atom. The number of thiophene rings is 1. The van der Waals surface area contributed by atoms with Gasteiger partial charge in [0.15, 0.2) is 0 Å². The van der Waals surface area contributed by atoms with Gasteiger partial charge in [-0.2, -0.15) is 0 Å². The third-order valence-corrected chi connectivity index (χ3v) is 5.98. The number of hydrogen-bond donors (Lipinski definition) is 2. The Bertz CT molecular complexity index is 722. The number of sulfonamides is 1. The number of nitrogens with one attached hydrogen (secondary N) is 1. The Kier molecular flexibility index (Phi) is 4.76. The van der Waals surface area contributed by atoms with E-state index in [4.69, 9.17) is 5.11 Å². The average molecular weight is 325 g/mol. The molecule has 0 saturated heterocycles. The summed E-state index contributed by atoms with van der Waals surface area (Å²) < 4.78 is 27.3. The number of carboxylic acid groups (broad SMARTS) is 1. The quantitative estimate of drug-likeness (QED) is 0.854. The molecule has 0 fully saturated rings. The minimum atomic E-state index is -3.65. The standard InChI is InChI=1S/C14H15NO4S2/c1-10(11-5-3-2-4-6-11)15-21(18,19)14-8-7-12(20-14)9-13(16)17/h2-8,10,15H,9H2,1H3,(H,16,17)/t10-/m0/s1. The number of benzene rings is 1. The molecule has 0 aliphatic rings. The van der Waals surface area contributed by atoms with Gasteiger partial charge in [0, 0.05) is 10.9 Å². The van der Waals surface area contributed by atoms with E-state index in [1.54, 1.807) is 6.92 Å². The Balaban J connectivity index is 2.15. The first-order valence-corrected chi connectivity index (χ1v) is 8.56. The van der Waals surface area contributed by atoms with E-state index in [0.29, 0.717) is 4.88 Å². The van der Waals surface area contributed by atoms with Crippen LogP contribution in [0.5, 0.6) is 0 Å². The number of aliphatic carboxylic acids is 1. The molecule has 1 aromatic heterocycles. The highest BCUT2D eigenvalue weighted by molar-refractivity contribution is 7.91. The second kappa shape index (κ2) is 6.38. The largest absolute Gasteiger partial charge is 0.481 e. The Labute approximate surface area is 127 Å². The molecule has 5 nitrogen and oxygen atoms in total. The molecule has 1 atom stereocenters. The van der Waals surface area contributed by atoms with Crippen LogP contribution in [-0.4, -0.2) is 19.5 Å². The molecule has 21 heavy (non-hydrogen) atoms. The van der Waals surface area contributed by atoms with E-state index in [1.165, 1.54) is 12.1 Å². The molecule has 0 aliphatic carbocycles. The van der Waals surface area contributed by atoms with Crippen molar-refractivity contribution >= 4 is 27.3 Å². The van der Waals surface area contributed by atoms with E-state index in [-0.39, 0.29) is 16.7 Å². The topological polar surface area (TPSA) is 83.5 Å². The van der Waals surface area contributed by atoms with E-state index in [1.807, 2.05) is 30.3 Å². The summed E-state index contributed by atoms with van der Waals surface area (Å²) in [6, 6.07) is 11.8. The SMILES string of the molecule is C[C@H](NS(=O)(=O)c1ccc(CC(=O)O)s1)c1ccccc1. The molecule has 2 N–H and O–H groups in total. The van der Waals surface area contributed by atoms with Crippen molar-refractivity contribution in [3.8, 4) is 0 Å². The first-order chi connectivity index (χ1) is 9.88. The van der Waals surface area contributed by atoms with E-state index < -0.39 is 16.0 Å². The number of carboxylic acids is 1. The van der Waals surface area contributed by atoms with Gasteiger partial charge in [0.25, 0.3) is 10.0 Å². The molecule has 0 bridgehead atoms. The molecule has 0 spiro atoms. The second-order valence-corrected chi connectivity index (χ2v) is 7.65. The zero-order valence-corrected chi connectivity index (χ0v) is 12.9. The molecule has 112 valence electrons. The maximum Gasteiger partial charge on any atom is 0.308 e. The first kappa shape index (κ1) is 15.7. The fraction of sp³-hybridized carbons (Fsp3) is 0.214. The smallest absolute Gasteiger partial charge is 0.308 e. The monoisotopic (exact) mass is 325 g/mol. The fourth-order valence-corrected chi connectivity index (χ4v) is 4.44. The van der Waals surface area contributed by atoms with Crippen LogP contribution in [0.2, 0.25) is 0 Å². The molecule has 0 radical (unpaired) electrons. The lowest BCUT2D eigenvalue weighted by atomic mass is 10.1. The van der Waals surface area contributed by atoms with Crippen molar-refractivity contribution in [1.29, 1.82) is 0 Å². The summed E-state index contributed by atoms with van der Waals surface area (Å²) in [5.74, 6) is -0.980. The molecule has 0 saturated carbocycles. The molecular formula is C14H15NO4S2. The maximum absolute atomic E-state index is 12.3. The van der Waals surface area contributed by atoms with Gasteiger partial charge in [-0.05, 0) is 24.6 Å². The van der Waals surface area contributed by atoms with Crippen molar-refractivity contribution in [2.75, 3.05) is 0 Å². The van der Waals surface area contributed by atoms with Gasteiger partial charge >= 0.3 is 5.97 Å². The van der Waals surface area contributed by atoms with E-state index in [2.05, 4.69) is 4.72 Å². The maximum atomic E-state index is 12.3. The third-order valence-electron chi connectivity index (χ3n) is 2.86. The molecule has 0 aliphatic heterocycles. The van der Waals surface area contributed by atoms with Crippen LogP contribution in [-0.2, 0) is 21.2 Å². The van der Waals surface area contributed by atoms with Gasteiger partial charge in [-0.25, -0.2) is 13.1 Å². The van der Waals surface area contributed by atoms with Crippen molar-refractivity contribution in [2.45, 2.75) is 23.6 Å². The van der Waals surface area contributed by atoms with Gasteiger partial charge in [0.05, 0.1) is 6.42 Å². The first-order valence-electron chi connectivity index (χ1n) is 6.26. The summed E-state index contributed by atoms with van der Waals surface area (Å²) in [6.07, 6.45) is -0.172. The fourth-order valence-electron chi connectivity index (χ4n) is 1.85. The molecule has 1 heterocycles. The van der Waals surface area contributed by atoms with Crippen molar-refractivity contribution < 1.29 is 18.3 Å². The number of carbonyl (C=O) groups is 1. The highest BCUT2D eigenvalue weighted by atomic mass is 32.2. The van der Waals surface area contributed by atoms with Crippen molar-refractivity contribution in [3.63, 3.8) is 0 Å². The van der Waals surface area contributed by atoms with Gasteiger partial charge in [-0.1, -0.05) is 30.3 Å². The van der Waals surface area contributed by atoms with Crippen LogP contribution in [0, 0.1) is 0 Å². The van der Waals surface area contributed by atoms with Gasteiger partial charge in [-0.15, -0.1) is 11.3 Å². The summed E-state index contributed by atoms with van der Waals surface area (Å²) in [6.45, 7) is 1.76. The minimum absolute atomic E-state index is 0.126. The highest BCUT2D eigenvalue weighted by Gasteiger charge is 2.20. The summed E-state index contributed by atoms with van der Waals surface area (Å²) >= 11 is 0.974. The van der Waals surface area contributed by atoms with Gasteiger partial charge in [0.2, 0.25) is 0 Å². The van der Waals surface area contributed by atoms with Gasteiger partial charge in [-0.3, -0.25) is 4.79 Å². The molecular weight excluding hydrogens is 310 g/mol. The van der Waals surface area contributed by atoms with Crippen LogP contribution in [0.4, 0.5) is 0 Å². The summed E-state index contributed by atoms with van der Waals surface area (Å²) in [5, 5.41) is 8.71. The Morgan fingerprint density at radius 1 is 1.24 bits per heavy atom. The number of hydrogen-bond acceptors (Lipinski definition) is 4. The highest BCUT2D eigenvalue weighted by Crippen LogP contribution is 2.24. The normalized spacial score (nSPS) is 13.0. The predicted molar refractivity (Wildman–Crippen MR) is 80.8 cm³/mol. The lowest BCUT2D eigenvalue weighted by Crippen LogP contribution is -2.26. The Hall–Kier alpha value is -1.70. The van der Waals surface area contributed by atoms with Crippen molar-refractivity contribution in [2.24, 2.45) is 0 Å². The van der Waals surface area contributed by atoms with Crippen LogP contribution in [0.1, 0.15) is 23.4 Å². The van der Waals surface area contributed by atoms with E-state index >= 15 is 0 Å². The van der Waals surface area contributed by atoms with Crippen LogP contribution in [0.15, 0.2) is 46.7 Å². The number of rotatable bonds is 6. The van der Waals surface area contributed by atoms with Crippen molar-refractivity contribution in [1.82, 2.24) is 4.72 Å². The summed E-state index contributed by atoms with van der Waals surface area (Å²) in [4.78, 5) is 11.1. The molecule has 2 aromatic rings. The molecule has 1 aromatic carbocycles. The minimum Gasteiger partial charge on any atom is -0.481 e. The predicted octanol–water partition coefficient (Wildman–Crippen LogP) is 2.41. The van der Waals surface area contributed by atoms with Crippen LogP contribution < -0.4 is 4.72 Å². The zero-order chi connectivity index (χ0) is 15.5. The average Bonchev–Trinajstić information content (AvgIpc) is 2.88. The van der Waals surface area contributed by atoms with Gasteiger partial charge in [0.1, 0.15) is 4.21 Å². The van der Waals surface area contributed by atoms with E-state index in [9.17, 15) is 13.2 Å². The summed E-state index contributed by atoms with van der Waals surface area (Å²) in [7, 11) is -3.65. The summed E-state index contributed by atoms with van der Waals surface area (Å²) in [5.41, 5.74) is 0.864. The third kappa shape index (κ3) is 4.13. The molecule has 2 rings (SSSR count). The van der Waals surface area contributed by atoms with Crippen LogP contribution >= 0.6 is 11.3 Å². The molecule has 0 unspecified atom stereocenters. The van der Waals surface area contributed by atoms with Crippen LogP contribution in [0.25, 0.3) is 0 Å². The second-order valence-electron chi connectivity index (χ2n) is 4.54. The van der Waals surface area contributed by atoms with Crippen molar-refractivity contribution in [3.05, 3.63) is 52.9 Å². The lowest BCUT2D eigenvalue weighted by molar-refractivity contribution is -0.136. The molecule has 0 amide bonds. The lowest BCUT2D eigenvalue weighted by Gasteiger charge is -2.13. The Morgan fingerprint density at radius 3 is 2.52 bits per heavy atom. The van der Waals surface area contributed by atoms with Crippen LogP contribution in [0.3, 0.4) is 0 Å². The van der Waals surface area contributed by atoms with Gasteiger partial charge < -0.3 is 5.11 Å². The molecule has 7 heteroatoms. The zero-order valence-electron chi connectivity index (χ0n) is 11.3. The van der Waals surface area contributed by atoms with E-state index in [0.717, 1.165) is 16.9 Å².